The molecule has 1 aliphatic rings. The molecule has 0 aromatic rings. The number of nitrogens with zero attached hydrogens (tertiary/aromatic N) is 1. The first kappa shape index (κ1) is 9.03. The maximum absolute atomic E-state index is 12.6. The van der Waals surface area contributed by atoms with Crippen LogP contribution in [0.4, 0.5) is 0 Å². The van der Waals surface area contributed by atoms with Crippen molar-refractivity contribution >= 4 is 7.67 Å². The van der Waals surface area contributed by atoms with Gasteiger partial charge in [-0.3, -0.25) is 4.57 Å². The van der Waals surface area contributed by atoms with E-state index in [0.717, 1.165) is 0 Å². The van der Waals surface area contributed by atoms with Crippen LogP contribution in [0.3, 0.4) is 0 Å². The second kappa shape index (κ2) is 7.37. The van der Waals surface area contributed by atoms with Crippen LogP contribution in [-0.2, 0) is 13.8 Å². The summed E-state index contributed by atoms with van der Waals surface area (Å²) >= 11 is 0. The lowest BCUT2D eigenvalue weighted by atomic mass is 10.5. The van der Waals surface area contributed by atoms with E-state index in [0.29, 0.717) is 17.6 Å². The lowest BCUT2D eigenvalue weighted by molar-refractivity contribution is 0.119. The van der Waals surface area contributed by atoms with Crippen molar-refractivity contribution in [1.82, 2.24) is 9.76 Å². The van der Waals surface area contributed by atoms with Gasteiger partial charge in [-0.25, -0.2) is 9.76 Å². The molecule has 0 aliphatic carbocycles. The molecule has 1 unspecified atom stereocenters. The van der Waals surface area contributed by atoms with Gasteiger partial charge in [0.2, 0.25) is 0 Å². The topological polar surface area (TPSA) is 71.0 Å². The summed E-state index contributed by atoms with van der Waals surface area (Å²) in [5.41, 5.74) is 0. The Morgan fingerprint density at radius 1 is 1.75 bits per heavy atom. The summed E-state index contributed by atoms with van der Waals surface area (Å²) in [6, 6.07) is 0. The Morgan fingerprint density at radius 2 is 2.56 bits per heavy atom. The highest BCUT2D eigenvalue weighted by molar-refractivity contribution is 7.54. The van der Waals surface area contributed by atoms with Crippen LogP contribution in [0.2, 0.25) is 0 Å². The molecule has 0 spiro atoms. The van der Waals surface area contributed by atoms with Crippen LogP contribution in [0.1, 0.15) is 18.8 Å². The summed E-state index contributed by atoms with van der Waals surface area (Å²) in [4.78, 5) is 0. The normalized spacial score (nSPS) is 31.7. The van der Waals surface area contributed by atoms with Crippen LogP contribution in [-0.4, -0.2) is 55.7 Å². The molecule has 1 heterocycles. The van der Waals surface area contributed by atoms with E-state index in [9.17, 15) is 4.57 Å². The van der Waals surface area contributed by atoms with E-state index < -0.39 is 27.3 Å². The zero-order valence-corrected chi connectivity index (χ0v) is 10.2. The fourth-order valence-corrected chi connectivity index (χ4v) is 2.93. The van der Waals surface area contributed by atoms with Gasteiger partial charge in [0.05, 0.1) is 22.5 Å². The minimum Gasteiger partial charge on any atom is -0.395 e. The molecule has 0 aromatic heterocycles. The van der Waals surface area contributed by atoms with Gasteiger partial charge in [-0.2, -0.15) is 0 Å². The molecule has 0 saturated carbocycles. The van der Waals surface area contributed by atoms with Gasteiger partial charge in [0.1, 0.15) is 0 Å². The van der Waals surface area contributed by atoms with Crippen molar-refractivity contribution in [2.75, 3.05) is 46.0 Å². The third-order valence-electron chi connectivity index (χ3n) is 1.92. The van der Waals surface area contributed by atoms with Crippen LogP contribution in [0, 0.1) is 0 Å². The third-order valence-corrected chi connectivity index (χ3v) is 4.01. The fraction of sp³-hybridized carbons (Fsp3) is 1.00. The van der Waals surface area contributed by atoms with E-state index in [1.54, 1.807) is 0 Å². The largest absolute Gasteiger partial charge is 0.395 e. The number of hydrogen-bond acceptors (Lipinski definition) is 4. The van der Waals surface area contributed by atoms with Crippen LogP contribution in [0.25, 0.3) is 0 Å². The first-order chi connectivity index (χ1) is 9.21. The van der Waals surface area contributed by atoms with E-state index in [-0.39, 0.29) is 19.8 Å². The Hall–Kier alpha value is 0.0300. The Balaban J connectivity index is 3.08. The summed E-state index contributed by atoms with van der Waals surface area (Å²) < 4.78 is 54.5. The molecule has 1 rings (SSSR count). The standard InChI is InChI=1S/C9H21N2O4P/c1-2-14-9-6-11(5-7-12)16(13)10-4-3-8-15-16/h12H,2-9H2,1H3,(H,10,13)/i6D2,9D2. The molecule has 1 fully saturated rings. The Kier molecular flexibility index (Phi) is 4.16. The monoisotopic (exact) mass is 256 g/mol. The van der Waals surface area contributed by atoms with E-state index in [1.807, 2.05) is 0 Å². The van der Waals surface area contributed by atoms with Crippen LogP contribution in [0.15, 0.2) is 0 Å². The number of ether oxygens (including phenoxy) is 1. The zero-order valence-electron chi connectivity index (χ0n) is 13.3. The molecule has 0 amide bonds. The number of aliphatic hydroxyl groups is 1. The second-order valence-corrected chi connectivity index (χ2v) is 5.21. The van der Waals surface area contributed by atoms with Gasteiger partial charge in [-0.1, -0.05) is 0 Å². The van der Waals surface area contributed by atoms with E-state index in [2.05, 4.69) is 5.09 Å². The van der Waals surface area contributed by atoms with Crippen molar-refractivity contribution in [2.45, 2.75) is 13.3 Å². The van der Waals surface area contributed by atoms with Crippen molar-refractivity contribution in [3.05, 3.63) is 0 Å². The van der Waals surface area contributed by atoms with Gasteiger partial charge in [0.25, 0.3) is 0 Å². The first-order valence-electron chi connectivity index (χ1n) is 7.24. The molecule has 1 aliphatic heterocycles. The van der Waals surface area contributed by atoms with Crippen molar-refractivity contribution in [1.29, 1.82) is 0 Å². The first-order valence-corrected chi connectivity index (χ1v) is 6.81. The third kappa shape index (κ3) is 4.13. The lowest BCUT2D eigenvalue weighted by Gasteiger charge is -2.33. The smallest absolute Gasteiger partial charge is 0.343 e. The Labute approximate surface area is 102 Å². The maximum Gasteiger partial charge on any atom is 0.343 e. The van der Waals surface area contributed by atoms with Crippen LogP contribution >= 0.6 is 7.67 Å². The molecule has 6 nitrogen and oxygen atoms in total. The summed E-state index contributed by atoms with van der Waals surface area (Å²) in [6.45, 7) is -4.23. The van der Waals surface area contributed by atoms with Gasteiger partial charge in [-0.05, 0) is 13.3 Å². The van der Waals surface area contributed by atoms with Crippen molar-refractivity contribution in [3.8, 4) is 0 Å². The summed E-state index contributed by atoms with van der Waals surface area (Å²) in [5, 5.41) is 11.7. The van der Waals surface area contributed by atoms with Crippen molar-refractivity contribution in [2.24, 2.45) is 0 Å². The highest BCUT2D eigenvalue weighted by Gasteiger charge is 2.33. The quantitative estimate of drug-likeness (QED) is 0.644. The molecule has 1 saturated heterocycles. The summed E-state index contributed by atoms with van der Waals surface area (Å²) in [5.74, 6) is 0. The molecule has 0 aromatic carbocycles. The maximum atomic E-state index is 12.6. The Morgan fingerprint density at radius 3 is 3.12 bits per heavy atom. The highest BCUT2D eigenvalue weighted by Crippen LogP contribution is 2.47. The predicted octanol–water partition coefficient (Wildman–Crippen LogP) is 0.435. The van der Waals surface area contributed by atoms with E-state index >= 15 is 0 Å². The minimum absolute atomic E-state index is 0.0436. The molecule has 1 atom stereocenters. The van der Waals surface area contributed by atoms with Gasteiger partial charge in [0, 0.05) is 28.9 Å². The van der Waals surface area contributed by atoms with Gasteiger partial charge in [0.15, 0.2) is 0 Å². The fourth-order valence-electron chi connectivity index (χ4n) is 1.19. The van der Waals surface area contributed by atoms with E-state index in [4.69, 9.17) is 19.9 Å². The highest BCUT2D eigenvalue weighted by atomic mass is 31.2. The number of nitrogens with one attached hydrogen (secondary N) is 1. The molecule has 0 radical (unpaired) electrons. The Bertz CT molecular complexity index is 362. The minimum atomic E-state index is -3.75. The zero-order chi connectivity index (χ0) is 15.4. The molecule has 2 N–H and O–H groups in total. The molecule has 16 heavy (non-hydrogen) atoms. The van der Waals surface area contributed by atoms with Crippen LogP contribution in [0.5, 0.6) is 0 Å². The van der Waals surface area contributed by atoms with Crippen molar-refractivity contribution < 1.29 is 24.4 Å². The summed E-state index contributed by atoms with van der Waals surface area (Å²) in [7, 11) is -3.75. The lowest BCUT2D eigenvalue weighted by Crippen LogP contribution is -2.37. The van der Waals surface area contributed by atoms with Crippen LogP contribution < -0.4 is 5.09 Å². The average Bonchev–Trinajstić information content (AvgIpc) is 2.36. The molecular formula is C9H21N2O4P. The number of rotatable bonds is 7. The SMILES string of the molecule is [2H]C([2H])(OCC)C([2H])([2H])N(CCO)P1(=O)NCCCO1. The summed E-state index contributed by atoms with van der Waals surface area (Å²) in [6.07, 6.45) is 0.623. The van der Waals surface area contributed by atoms with Gasteiger partial charge >= 0.3 is 7.67 Å². The van der Waals surface area contributed by atoms with Gasteiger partial charge < -0.3 is 14.4 Å². The van der Waals surface area contributed by atoms with Crippen molar-refractivity contribution in [3.63, 3.8) is 0 Å². The van der Waals surface area contributed by atoms with E-state index in [1.165, 1.54) is 6.92 Å². The number of aliphatic hydroxyl groups excluding tert-OH is 1. The van der Waals surface area contributed by atoms with Gasteiger partial charge in [-0.15, -0.1) is 0 Å². The molecule has 0 bridgehead atoms. The second-order valence-electron chi connectivity index (χ2n) is 3.11. The average molecular weight is 256 g/mol. The predicted molar refractivity (Wildman–Crippen MR) is 61.3 cm³/mol. The molecule has 7 heteroatoms. The number of hydrogen-bond donors (Lipinski definition) is 2. The molecule has 96 valence electrons. The molecular weight excluding hydrogens is 231 g/mol.